The van der Waals surface area contributed by atoms with Crippen molar-refractivity contribution in [3.63, 3.8) is 0 Å². The molecule has 2 aromatic heterocycles. The van der Waals surface area contributed by atoms with Gasteiger partial charge in [-0.15, -0.1) is 0 Å². The van der Waals surface area contributed by atoms with Crippen LogP contribution in [-0.2, 0) is 55.8 Å². The molecule has 0 unspecified atom stereocenters. The molecular formula is C39H42Cl2F6K2N8O13S2. The molecule has 4 aromatic carbocycles. The molecule has 33 heteroatoms. The molecule has 0 amide bonds. The Morgan fingerprint density at radius 3 is 1.47 bits per heavy atom. The van der Waals surface area contributed by atoms with E-state index in [2.05, 4.69) is 34.1 Å². The number of aryl methyl sites for hydroxylation is 1. The number of halogens is 8. The maximum atomic E-state index is 13.2. The molecule has 386 valence electrons. The Morgan fingerprint density at radius 1 is 0.736 bits per heavy atom. The molecule has 0 aliphatic heterocycles. The normalized spacial score (nSPS) is 11.0. The minimum Gasteiger partial charge on any atom is -1.00 e. The zero-order valence-electron chi connectivity index (χ0n) is 39.1. The summed E-state index contributed by atoms with van der Waals surface area (Å²) in [4.78, 5) is 32.0. The standard InChI is InChI=1S/C18H16ClF3N4O5S.C10H8ClF3N4O4S.C9H12O.CH2O3.CH4.2K.H/c1-31-12-5-3-11(4-6-12)9-25(32(2,29)30)17-15-13(19)7-8-14(26(27)28)16(15)24(23-17)10-18(20,21)22;1-23(21,22)16-9-7-5(11)2-3-6(18(19)20)8(7)17(15-9)4-10(12,13)14;1-3-8-4-6-9(10-2)7-5-8;2-1-4-3;;;;/h3-8H,9-10H2,1-2H3;2-3H,4H2,1H3,(H,15,16);4-7H,3H2,1-2H3;1,3H;1H4;;;/q;;;;;2*+1;-1/p-1. The van der Waals surface area contributed by atoms with E-state index in [1.807, 2.05) is 16.9 Å². The fourth-order valence-corrected chi connectivity index (χ4v) is 7.70. The van der Waals surface area contributed by atoms with Gasteiger partial charge in [-0.05, 0) is 53.9 Å². The van der Waals surface area contributed by atoms with E-state index in [4.69, 9.17) is 42.7 Å². The molecular weight excluding hydrogens is 1120 g/mol. The molecule has 21 nitrogen and oxygen atoms in total. The SMILES string of the molecule is C.CCc1ccc(OC)cc1.COc1ccc(CN(c2nn(CC(F)(F)F)c3c([N+](=O)[O-])ccc(Cl)c23)S(C)(=O)=O)cc1.CS(=O)(=O)Nc1nn(CC(F)(F)F)c2c([N+](=O)[O-])ccc(Cl)c12.O=CO[O-].[H-].[K+].[K+]. The third-order valence-corrected chi connectivity index (χ3v) is 11.0. The number of hydrogen-bond acceptors (Lipinski definition) is 15. The topological polar surface area (TPSA) is 273 Å². The van der Waals surface area contributed by atoms with Crippen LogP contribution in [0.4, 0.5) is 49.4 Å². The number of hydrogen-bond donors (Lipinski definition) is 1. The van der Waals surface area contributed by atoms with Crippen molar-refractivity contribution < 1.29 is 182 Å². The van der Waals surface area contributed by atoms with Gasteiger partial charge >= 0.3 is 115 Å². The maximum Gasteiger partial charge on any atom is 1.00 e. The second-order valence-corrected chi connectivity index (χ2v) is 18.2. The van der Waals surface area contributed by atoms with Crippen molar-refractivity contribution in [1.29, 1.82) is 0 Å². The Balaban J connectivity index is 0. The van der Waals surface area contributed by atoms with Crippen molar-refractivity contribution in [1.82, 2.24) is 19.6 Å². The van der Waals surface area contributed by atoms with Crippen molar-refractivity contribution in [2.24, 2.45) is 0 Å². The molecule has 0 saturated heterocycles. The summed E-state index contributed by atoms with van der Waals surface area (Å²) in [5.74, 6) is 0.479. The first-order chi connectivity index (χ1) is 32.0. The Labute approximate surface area is 503 Å². The van der Waals surface area contributed by atoms with E-state index in [1.54, 1.807) is 31.4 Å². The van der Waals surface area contributed by atoms with Gasteiger partial charge in [-0.1, -0.05) is 61.8 Å². The third-order valence-electron chi connectivity index (χ3n) is 8.69. The van der Waals surface area contributed by atoms with Gasteiger partial charge in [0, 0.05) is 12.1 Å². The number of ether oxygens (including phenoxy) is 2. The zero-order chi connectivity index (χ0) is 52.2. The van der Waals surface area contributed by atoms with Crippen LogP contribution in [0.5, 0.6) is 11.5 Å². The van der Waals surface area contributed by atoms with Crippen LogP contribution >= 0.6 is 23.2 Å². The fourth-order valence-electron chi connectivity index (χ4n) is 5.90. The number of nitrogens with one attached hydrogen (secondary N) is 1. The summed E-state index contributed by atoms with van der Waals surface area (Å²) in [5.41, 5.74) is -0.603. The van der Waals surface area contributed by atoms with Crippen LogP contribution in [-0.4, -0.2) is 91.8 Å². The van der Waals surface area contributed by atoms with Gasteiger partial charge in [0.2, 0.25) is 20.0 Å². The number of nitro groups is 2. The molecule has 6 rings (SSSR count). The largest absolute Gasteiger partial charge is 1.00 e. The number of methoxy groups -OCH3 is 2. The summed E-state index contributed by atoms with van der Waals surface area (Å²) >= 11 is 12.0. The third kappa shape index (κ3) is 20.4. The summed E-state index contributed by atoms with van der Waals surface area (Å²) in [6.45, 7) is -1.66. The number of aromatic nitrogens is 4. The minimum atomic E-state index is -4.78. The second kappa shape index (κ2) is 29.6. The Morgan fingerprint density at radius 2 is 1.12 bits per heavy atom. The minimum absolute atomic E-state index is 0. The summed E-state index contributed by atoms with van der Waals surface area (Å²) in [6, 6.07) is 18.5. The smallest absolute Gasteiger partial charge is 1.00 e. The monoisotopic (exact) mass is 1160 g/mol. The Bertz CT molecular complexity index is 2990. The van der Waals surface area contributed by atoms with Crippen LogP contribution in [0.15, 0.2) is 72.8 Å². The number of alkyl halides is 6. The number of nitro benzene ring substituents is 2. The number of anilines is 2. The van der Waals surface area contributed by atoms with Gasteiger partial charge in [0.25, 0.3) is 17.8 Å². The predicted octanol–water partition coefficient (Wildman–Crippen LogP) is 2.12. The van der Waals surface area contributed by atoms with Gasteiger partial charge < -0.3 is 21.0 Å². The number of non-ortho nitro benzene ring substituents is 2. The molecule has 2 heterocycles. The first-order valence-corrected chi connectivity index (χ1v) is 23.2. The van der Waals surface area contributed by atoms with E-state index < -0.39 is 89.4 Å². The molecule has 0 fully saturated rings. The van der Waals surface area contributed by atoms with E-state index >= 15 is 0 Å². The average molecular weight is 1160 g/mol. The summed E-state index contributed by atoms with van der Waals surface area (Å²) < 4.78 is 139. The van der Waals surface area contributed by atoms with Crippen LogP contribution in [0.25, 0.3) is 21.8 Å². The van der Waals surface area contributed by atoms with Crippen LogP contribution in [0.3, 0.4) is 0 Å². The van der Waals surface area contributed by atoms with Gasteiger partial charge in [0.15, 0.2) is 11.6 Å². The summed E-state index contributed by atoms with van der Waals surface area (Å²) in [5, 5.41) is 37.3. The van der Waals surface area contributed by atoms with Gasteiger partial charge in [-0.25, -0.2) is 30.5 Å². The second-order valence-electron chi connectivity index (χ2n) is 13.7. The number of rotatable bonds is 14. The molecule has 6 aromatic rings. The number of carbonyl (C=O) groups excluding carboxylic acids is 1. The van der Waals surface area contributed by atoms with Crippen LogP contribution in [0, 0.1) is 20.2 Å². The van der Waals surface area contributed by atoms with Gasteiger partial charge in [-0.2, -0.15) is 36.5 Å². The Kier molecular flexibility index (Phi) is 28.2. The van der Waals surface area contributed by atoms with E-state index in [0.29, 0.717) is 20.7 Å². The van der Waals surface area contributed by atoms with Gasteiger partial charge in [-0.3, -0.25) is 29.7 Å². The Hall–Kier alpha value is -3.42. The molecule has 0 atom stereocenters. The van der Waals surface area contributed by atoms with E-state index in [-0.39, 0.29) is 145 Å². The van der Waals surface area contributed by atoms with Crippen molar-refractivity contribution in [2.45, 2.75) is 52.8 Å². The molecule has 0 bridgehead atoms. The van der Waals surface area contributed by atoms with E-state index in [9.17, 15) is 63.4 Å². The average Bonchev–Trinajstić information content (AvgIpc) is 3.79. The van der Waals surface area contributed by atoms with Gasteiger partial charge in [0.1, 0.15) is 35.6 Å². The molecule has 0 aliphatic carbocycles. The zero-order valence-corrected chi connectivity index (χ0v) is 47.5. The quantitative estimate of drug-likeness (QED) is 0.0409. The molecule has 72 heavy (non-hydrogen) atoms. The number of fused-ring (bicyclic) bond motifs is 2. The molecule has 0 radical (unpaired) electrons. The summed E-state index contributed by atoms with van der Waals surface area (Å²) in [6.07, 6.45) is -6.82. The predicted molar refractivity (Wildman–Crippen MR) is 245 cm³/mol. The number of sulfonamides is 2. The number of carbonyl (C=O) groups is 1. The molecule has 0 aliphatic rings. The van der Waals surface area contributed by atoms with E-state index in [0.717, 1.165) is 53.3 Å². The summed E-state index contributed by atoms with van der Waals surface area (Å²) in [7, 11) is -4.84. The van der Waals surface area contributed by atoms with Crippen LogP contribution in [0.1, 0.15) is 26.9 Å². The first-order valence-electron chi connectivity index (χ1n) is 18.7. The number of benzene rings is 4. The van der Waals surface area contributed by atoms with Crippen molar-refractivity contribution >= 4 is 94.5 Å². The van der Waals surface area contributed by atoms with Crippen LogP contribution < -0.4 is 127 Å². The van der Waals surface area contributed by atoms with Gasteiger partial charge in [0.05, 0.1) is 63.9 Å². The van der Waals surface area contributed by atoms with Crippen LogP contribution in [0.2, 0.25) is 10.0 Å². The van der Waals surface area contributed by atoms with Crippen molar-refractivity contribution in [3.05, 3.63) is 114 Å². The van der Waals surface area contributed by atoms with Crippen molar-refractivity contribution in [3.8, 4) is 11.5 Å². The number of nitrogens with zero attached hydrogens (tertiary/aromatic N) is 7. The maximum absolute atomic E-state index is 13.2. The fraction of sp³-hybridized carbons (Fsp3) is 0.308. The molecule has 1 N–H and O–H groups in total. The molecule has 0 spiro atoms. The van der Waals surface area contributed by atoms with E-state index in [1.165, 1.54) is 12.7 Å². The first kappa shape index (κ1) is 68.6. The molecule has 0 saturated carbocycles. The van der Waals surface area contributed by atoms with Crippen molar-refractivity contribution in [2.75, 3.05) is 35.8 Å².